The van der Waals surface area contributed by atoms with Crippen LogP contribution in [0.25, 0.3) is 0 Å². The van der Waals surface area contributed by atoms with Crippen LogP contribution in [0, 0.1) is 0 Å². The first kappa shape index (κ1) is 13.1. The molecule has 0 aromatic carbocycles. The fourth-order valence-electron chi connectivity index (χ4n) is 0.576. The second-order valence-corrected chi connectivity index (χ2v) is 3.88. The molecule has 0 aliphatic rings. The highest BCUT2D eigenvalue weighted by atomic mass is 19.3. The van der Waals surface area contributed by atoms with Gasteiger partial charge in [0, 0.05) is 5.54 Å². The summed E-state index contributed by atoms with van der Waals surface area (Å²) >= 11 is 0. The third-order valence-corrected chi connectivity index (χ3v) is 1.15. The molecular formula is C8H15F2NO3. The molecule has 0 spiro atoms. The summed E-state index contributed by atoms with van der Waals surface area (Å²) in [5, 5.41) is 11.0. The second-order valence-electron chi connectivity index (χ2n) is 3.88. The smallest absolute Gasteiger partial charge is 0.407 e. The Morgan fingerprint density at radius 1 is 1.50 bits per heavy atom. The zero-order valence-electron chi connectivity index (χ0n) is 8.38. The number of ether oxygens (including phenoxy) is 1. The van der Waals surface area contributed by atoms with E-state index in [1.54, 1.807) is 20.8 Å². The average Bonchev–Trinajstić information content (AvgIpc) is 1.96. The lowest BCUT2D eigenvalue weighted by Gasteiger charge is -2.20. The number of nitrogens with one attached hydrogen (secondary N) is 1. The van der Waals surface area contributed by atoms with Crippen LogP contribution in [0.2, 0.25) is 0 Å². The van der Waals surface area contributed by atoms with Gasteiger partial charge in [0.1, 0.15) is 12.7 Å². The van der Waals surface area contributed by atoms with E-state index >= 15 is 0 Å². The maximum Gasteiger partial charge on any atom is 0.407 e. The molecule has 0 heterocycles. The van der Waals surface area contributed by atoms with Crippen molar-refractivity contribution in [1.82, 2.24) is 5.32 Å². The third-order valence-electron chi connectivity index (χ3n) is 1.15. The summed E-state index contributed by atoms with van der Waals surface area (Å²) < 4.78 is 27.9. The van der Waals surface area contributed by atoms with E-state index in [2.05, 4.69) is 10.1 Å². The molecular weight excluding hydrogens is 196 g/mol. The Morgan fingerprint density at radius 3 is 2.36 bits per heavy atom. The molecule has 4 nitrogen and oxygen atoms in total. The Balaban J connectivity index is 3.75. The van der Waals surface area contributed by atoms with Gasteiger partial charge in [0.05, 0.1) is 0 Å². The molecule has 2 N–H and O–H groups in total. The van der Waals surface area contributed by atoms with E-state index in [4.69, 9.17) is 5.11 Å². The number of amides is 1. The Morgan fingerprint density at radius 2 is 2.00 bits per heavy atom. The molecule has 0 saturated carbocycles. The fraction of sp³-hybridized carbons (Fsp3) is 0.875. The largest absolute Gasteiger partial charge is 0.447 e. The van der Waals surface area contributed by atoms with E-state index in [-0.39, 0.29) is 0 Å². The lowest BCUT2D eigenvalue weighted by atomic mass is 10.1. The normalized spacial score (nSPS) is 13.9. The van der Waals surface area contributed by atoms with Crippen molar-refractivity contribution in [2.24, 2.45) is 0 Å². The summed E-state index contributed by atoms with van der Waals surface area (Å²) in [5.74, 6) is 0. The molecule has 0 aromatic heterocycles. The summed E-state index contributed by atoms with van der Waals surface area (Å²) in [6, 6.07) is 0. The van der Waals surface area contributed by atoms with Crippen LogP contribution >= 0.6 is 0 Å². The van der Waals surface area contributed by atoms with E-state index in [1.165, 1.54) is 0 Å². The zero-order chi connectivity index (χ0) is 11.4. The van der Waals surface area contributed by atoms with Gasteiger partial charge in [-0.2, -0.15) is 0 Å². The Labute approximate surface area is 81.2 Å². The molecule has 0 saturated heterocycles. The molecule has 1 atom stereocenters. The van der Waals surface area contributed by atoms with Crippen molar-refractivity contribution in [2.75, 3.05) is 6.61 Å². The van der Waals surface area contributed by atoms with Crippen LogP contribution in [-0.2, 0) is 4.74 Å². The maximum absolute atomic E-state index is 11.8. The number of rotatable bonds is 3. The molecule has 0 aromatic rings. The summed E-state index contributed by atoms with van der Waals surface area (Å²) in [6.45, 7) is 4.45. The number of carbonyl (C=O) groups is 1. The van der Waals surface area contributed by atoms with Crippen molar-refractivity contribution in [3.63, 3.8) is 0 Å². The van der Waals surface area contributed by atoms with Crippen LogP contribution in [0.1, 0.15) is 20.8 Å². The number of carbonyl (C=O) groups excluding carboxylic acids is 1. The van der Waals surface area contributed by atoms with Crippen LogP contribution in [0.15, 0.2) is 0 Å². The minimum absolute atomic E-state index is 0.493. The number of alkyl carbamates (subject to hydrolysis) is 1. The average molecular weight is 211 g/mol. The molecule has 0 fully saturated rings. The van der Waals surface area contributed by atoms with Crippen LogP contribution < -0.4 is 5.32 Å². The Hall–Kier alpha value is -0.910. The number of aliphatic hydroxyl groups excluding tert-OH is 1. The van der Waals surface area contributed by atoms with Gasteiger partial charge in [0.2, 0.25) is 0 Å². The standard InChI is InChI=1S/C8H15F2NO3/c1-8(2,3)11-7(13)14-4-5(12)6(9)10/h5-6,12H,4H2,1-3H3,(H,11,13). The molecule has 1 unspecified atom stereocenters. The summed E-state index contributed by atoms with van der Waals surface area (Å²) in [6.07, 6.45) is -5.66. The van der Waals surface area contributed by atoms with Gasteiger partial charge in [-0.1, -0.05) is 0 Å². The fourth-order valence-corrected chi connectivity index (χ4v) is 0.576. The van der Waals surface area contributed by atoms with E-state index in [1.807, 2.05) is 0 Å². The quantitative estimate of drug-likeness (QED) is 0.735. The highest BCUT2D eigenvalue weighted by Gasteiger charge is 2.20. The first-order valence-corrected chi connectivity index (χ1v) is 4.13. The predicted octanol–water partition coefficient (Wildman–Crippen LogP) is 1.14. The van der Waals surface area contributed by atoms with Crippen molar-refractivity contribution in [3.05, 3.63) is 0 Å². The lowest BCUT2D eigenvalue weighted by Crippen LogP contribution is -2.42. The first-order chi connectivity index (χ1) is 6.22. The molecule has 6 heteroatoms. The topological polar surface area (TPSA) is 58.6 Å². The van der Waals surface area contributed by atoms with Gasteiger partial charge in [-0.05, 0) is 20.8 Å². The van der Waals surface area contributed by atoms with Gasteiger partial charge in [-0.25, -0.2) is 13.6 Å². The highest BCUT2D eigenvalue weighted by Crippen LogP contribution is 2.02. The van der Waals surface area contributed by atoms with Crippen molar-refractivity contribution in [1.29, 1.82) is 0 Å². The number of hydrogen-bond acceptors (Lipinski definition) is 3. The van der Waals surface area contributed by atoms with Gasteiger partial charge in [0.25, 0.3) is 6.43 Å². The molecule has 0 rings (SSSR count). The van der Waals surface area contributed by atoms with Crippen molar-refractivity contribution in [3.8, 4) is 0 Å². The monoisotopic (exact) mass is 211 g/mol. The SMILES string of the molecule is CC(C)(C)NC(=O)OCC(O)C(F)F. The highest BCUT2D eigenvalue weighted by molar-refractivity contribution is 5.68. The van der Waals surface area contributed by atoms with E-state index in [0.29, 0.717) is 0 Å². The molecule has 84 valence electrons. The number of hydrogen-bond donors (Lipinski definition) is 2. The number of aliphatic hydroxyl groups is 1. The number of halogens is 2. The molecule has 14 heavy (non-hydrogen) atoms. The van der Waals surface area contributed by atoms with Crippen LogP contribution in [0.4, 0.5) is 13.6 Å². The Kier molecular flexibility index (Phi) is 4.76. The van der Waals surface area contributed by atoms with Crippen LogP contribution in [0.5, 0.6) is 0 Å². The summed E-state index contributed by atoms with van der Waals surface area (Å²) in [4.78, 5) is 10.9. The van der Waals surface area contributed by atoms with Crippen LogP contribution in [0.3, 0.4) is 0 Å². The second kappa shape index (κ2) is 5.09. The van der Waals surface area contributed by atoms with Gasteiger partial charge in [0.15, 0.2) is 0 Å². The third kappa shape index (κ3) is 6.59. The summed E-state index contributed by atoms with van der Waals surface area (Å²) in [7, 11) is 0. The van der Waals surface area contributed by atoms with E-state index in [9.17, 15) is 13.6 Å². The molecule has 0 bridgehead atoms. The first-order valence-electron chi connectivity index (χ1n) is 4.13. The van der Waals surface area contributed by atoms with E-state index < -0.39 is 30.8 Å². The van der Waals surface area contributed by atoms with Gasteiger partial charge in [-0.3, -0.25) is 0 Å². The molecule has 0 aliphatic heterocycles. The molecule has 0 radical (unpaired) electrons. The Bertz CT molecular complexity index is 192. The van der Waals surface area contributed by atoms with E-state index in [0.717, 1.165) is 0 Å². The lowest BCUT2D eigenvalue weighted by molar-refractivity contribution is -0.0384. The zero-order valence-corrected chi connectivity index (χ0v) is 8.38. The minimum atomic E-state index is -2.91. The minimum Gasteiger partial charge on any atom is -0.447 e. The van der Waals surface area contributed by atoms with Crippen molar-refractivity contribution in [2.45, 2.75) is 38.8 Å². The van der Waals surface area contributed by atoms with Gasteiger partial charge < -0.3 is 15.2 Å². The van der Waals surface area contributed by atoms with Gasteiger partial charge >= 0.3 is 6.09 Å². The molecule has 1 amide bonds. The van der Waals surface area contributed by atoms with Gasteiger partial charge in [-0.15, -0.1) is 0 Å². The molecule has 0 aliphatic carbocycles. The van der Waals surface area contributed by atoms with Crippen molar-refractivity contribution >= 4 is 6.09 Å². The maximum atomic E-state index is 11.8. The summed E-state index contributed by atoms with van der Waals surface area (Å²) in [5.41, 5.74) is -0.493. The van der Waals surface area contributed by atoms with Crippen LogP contribution in [-0.4, -0.2) is 35.9 Å². The predicted molar refractivity (Wildman–Crippen MR) is 46.2 cm³/mol. The van der Waals surface area contributed by atoms with Crippen molar-refractivity contribution < 1.29 is 23.4 Å². The number of alkyl halides is 2.